The zero-order valence-corrected chi connectivity index (χ0v) is 14.1. The maximum Gasteiger partial charge on any atom is 0.231 e. The first-order valence-corrected chi connectivity index (χ1v) is 8.36. The van der Waals surface area contributed by atoms with Crippen molar-refractivity contribution in [2.75, 3.05) is 12.1 Å². The molecule has 3 aromatic rings. The average Bonchev–Trinajstić information content (AvgIpc) is 3.09. The van der Waals surface area contributed by atoms with Crippen molar-refractivity contribution < 1.29 is 9.47 Å². The normalized spacial score (nSPS) is 12.8. The fourth-order valence-corrected chi connectivity index (χ4v) is 3.87. The highest BCUT2D eigenvalue weighted by molar-refractivity contribution is 9.11. The molecule has 0 aliphatic carbocycles. The van der Waals surface area contributed by atoms with Gasteiger partial charge in [-0.25, -0.2) is 9.97 Å². The van der Waals surface area contributed by atoms with Gasteiger partial charge in [0.05, 0.1) is 14.0 Å². The van der Waals surface area contributed by atoms with Gasteiger partial charge in [-0.3, -0.25) is 0 Å². The molecular weight excluding hydrogens is 366 g/mol. The third kappa shape index (κ3) is 2.50. The molecule has 7 heteroatoms. The van der Waals surface area contributed by atoms with E-state index in [4.69, 9.17) is 9.47 Å². The van der Waals surface area contributed by atoms with Crippen molar-refractivity contribution in [2.45, 2.75) is 13.5 Å². The van der Waals surface area contributed by atoms with Crippen LogP contribution in [0.4, 0.5) is 5.82 Å². The van der Waals surface area contributed by atoms with E-state index in [-0.39, 0.29) is 0 Å². The summed E-state index contributed by atoms with van der Waals surface area (Å²) in [5, 5.41) is 3.39. The molecule has 1 aromatic carbocycles. The first kappa shape index (κ1) is 13.8. The second kappa shape index (κ2) is 5.40. The molecule has 3 heterocycles. The standard InChI is InChI=1S/C15H12BrN3O2S/c1-8-18-10-5-13(16)22-14(10)15(19-8)17-6-9-2-3-11-12(4-9)21-7-20-11/h2-5H,6-7H2,1H3,(H,17,18,19). The van der Waals surface area contributed by atoms with Crippen molar-refractivity contribution in [3.05, 3.63) is 39.4 Å². The molecule has 1 aliphatic rings. The average molecular weight is 378 g/mol. The first-order valence-electron chi connectivity index (χ1n) is 6.75. The lowest BCUT2D eigenvalue weighted by Crippen LogP contribution is -2.03. The molecule has 22 heavy (non-hydrogen) atoms. The highest BCUT2D eigenvalue weighted by atomic mass is 79.9. The largest absolute Gasteiger partial charge is 0.454 e. The van der Waals surface area contributed by atoms with Crippen LogP contribution in [0.1, 0.15) is 11.4 Å². The van der Waals surface area contributed by atoms with E-state index in [2.05, 4.69) is 31.2 Å². The number of ether oxygens (including phenoxy) is 2. The van der Waals surface area contributed by atoms with E-state index in [9.17, 15) is 0 Å². The molecule has 0 fully saturated rings. The Morgan fingerprint density at radius 3 is 3.00 bits per heavy atom. The number of halogens is 1. The second-order valence-corrected chi connectivity index (χ2v) is 7.36. The number of benzene rings is 1. The van der Waals surface area contributed by atoms with Crippen LogP contribution >= 0.6 is 27.3 Å². The minimum atomic E-state index is 0.293. The molecule has 1 aliphatic heterocycles. The molecule has 0 spiro atoms. The number of fused-ring (bicyclic) bond motifs is 2. The molecule has 0 radical (unpaired) electrons. The number of aromatic nitrogens is 2. The summed E-state index contributed by atoms with van der Waals surface area (Å²) in [5.74, 6) is 3.20. The maximum absolute atomic E-state index is 5.40. The summed E-state index contributed by atoms with van der Waals surface area (Å²) in [6.07, 6.45) is 0. The minimum absolute atomic E-state index is 0.293. The fourth-order valence-electron chi connectivity index (χ4n) is 2.37. The number of rotatable bonds is 3. The number of hydrogen-bond acceptors (Lipinski definition) is 6. The van der Waals surface area contributed by atoms with Gasteiger partial charge in [-0.05, 0) is 46.6 Å². The van der Waals surface area contributed by atoms with Crippen molar-refractivity contribution in [2.24, 2.45) is 0 Å². The molecule has 1 N–H and O–H groups in total. The lowest BCUT2D eigenvalue weighted by atomic mass is 10.2. The number of hydrogen-bond donors (Lipinski definition) is 1. The fraction of sp³-hybridized carbons (Fsp3) is 0.200. The van der Waals surface area contributed by atoms with Gasteiger partial charge in [-0.15, -0.1) is 11.3 Å². The van der Waals surface area contributed by atoms with Crippen molar-refractivity contribution in [1.29, 1.82) is 0 Å². The van der Waals surface area contributed by atoms with Crippen LogP contribution in [-0.4, -0.2) is 16.8 Å². The van der Waals surface area contributed by atoms with Crippen LogP contribution in [0.15, 0.2) is 28.1 Å². The van der Waals surface area contributed by atoms with Gasteiger partial charge < -0.3 is 14.8 Å². The Morgan fingerprint density at radius 2 is 2.09 bits per heavy atom. The van der Waals surface area contributed by atoms with Gasteiger partial charge in [-0.1, -0.05) is 6.07 Å². The van der Waals surface area contributed by atoms with Crippen LogP contribution in [0.25, 0.3) is 10.2 Å². The molecule has 0 saturated heterocycles. The minimum Gasteiger partial charge on any atom is -0.454 e. The number of thiophene rings is 1. The monoisotopic (exact) mass is 377 g/mol. The summed E-state index contributed by atoms with van der Waals surface area (Å²) < 4.78 is 12.8. The first-order chi connectivity index (χ1) is 10.7. The van der Waals surface area contributed by atoms with E-state index in [0.717, 1.165) is 42.7 Å². The molecule has 2 aromatic heterocycles. The van der Waals surface area contributed by atoms with E-state index in [1.165, 1.54) is 0 Å². The molecule has 0 atom stereocenters. The van der Waals surface area contributed by atoms with E-state index in [1.807, 2.05) is 31.2 Å². The van der Waals surface area contributed by atoms with Gasteiger partial charge in [-0.2, -0.15) is 0 Å². The number of aryl methyl sites for hydroxylation is 1. The SMILES string of the molecule is Cc1nc(NCc2ccc3c(c2)OCO3)c2sc(Br)cc2n1. The Bertz CT molecular complexity index is 865. The summed E-state index contributed by atoms with van der Waals surface area (Å²) in [4.78, 5) is 8.97. The summed E-state index contributed by atoms with van der Waals surface area (Å²) in [5.41, 5.74) is 2.07. The Kier molecular flexibility index (Phi) is 3.38. The zero-order chi connectivity index (χ0) is 15.1. The third-order valence-electron chi connectivity index (χ3n) is 3.35. The summed E-state index contributed by atoms with van der Waals surface area (Å²) in [7, 11) is 0. The predicted molar refractivity (Wildman–Crippen MR) is 89.7 cm³/mol. The van der Waals surface area contributed by atoms with Crippen LogP contribution in [0, 0.1) is 6.92 Å². The smallest absolute Gasteiger partial charge is 0.231 e. The van der Waals surface area contributed by atoms with Crippen LogP contribution in [0.3, 0.4) is 0 Å². The van der Waals surface area contributed by atoms with Gasteiger partial charge >= 0.3 is 0 Å². The maximum atomic E-state index is 5.40. The van der Waals surface area contributed by atoms with E-state index < -0.39 is 0 Å². The highest BCUT2D eigenvalue weighted by Gasteiger charge is 2.14. The molecule has 4 rings (SSSR count). The molecule has 0 unspecified atom stereocenters. The molecule has 5 nitrogen and oxygen atoms in total. The Morgan fingerprint density at radius 1 is 1.23 bits per heavy atom. The van der Waals surface area contributed by atoms with Crippen LogP contribution in [-0.2, 0) is 6.54 Å². The molecule has 112 valence electrons. The van der Waals surface area contributed by atoms with Crippen LogP contribution in [0.5, 0.6) is 11.5 Å². The number of nitrogens with zero attached hydrogens (tertiary/aromatic N) is 2. The quantitative estimate of drug-likeness (QED) is 0.744. The van der Waals surface area contributed by atoms with Gasteiger partial charge in [0.15, 0.2) is 11.5 Å². The Hall–Kier alpha value is -1.86. The van der Waals surface area contributed by atoms with Crippen molar-refractivity contribution in [1.82, 2.24) is 9.97 Å². The van der Waals surface area contributed by atoms with Crippen LogP contribution in [0.2, 0.25) is 0 Å². The van der Waals surface area contributed by atoms with Gasteiger partial charge in [0.1, 0.15) is 11.6 Å². The van der Waals surface area contributed by atoms with E-state index >= 15 is 0 Å². The van der Waals surface area contributed by atoms with Crippen molar-refractivity contribution in [3.63, 3.8) is 0 Å². The molecule has 0 bridgehead atoms. The topological polar surface area (TPSA) is 56.3 Å². The second-order valence-electron chi connectivity index (χ2n) is 4.93. The summed E-state index contributed by atoms with van der Waals surface area (Å²) >= 11 is 5.13. The van der Waals surface area contributed by atoms with Gasteiger partial charge in [0.25, 0.3) is 0 Å². The van der Waals surface area contributed by atoms with Crippen molar-refractivity contribution >= 4 is 43.3 Å². The number of anilines is 1. The summed E-state index contributed by atoms with van der Waals surface area (Å²) in [6, 6.07) is 7.96. The zero-order valence-electron chi connectivity index (χ0n) is 11.7. The third-order valence-corrected chi connectivity index (χ3v) is 4.98. The molecular formula is C15H12BrN3O2S. The summed E-state index contributed by atoms with van der Waals surface area (Å²) in [6.45, 7) is 2.86. The Labute approximate surface area is 139 Å². The van der Waals surface area contributed by atoms with Gasteiger partial charge in [0, 0.05) is 6.54 Å². The van der Waals surface area contributed by atoms with E-state index in [0.29, 0.717) is 13.3 Å². The predicted octanol–water partition coefficient (Wildman–Crippen LogP) is 4.10. The molecule has 0 saturated carbocycles. The number of nitrogens with one attached hydrogen (secondary N) is 1. The lowest BCUT2D eigenvalue weighted by molar-refractivity contribution is 0.174. The van der Waals surface area contributed by atoms with E-state index in [1.54, 1.807) is 11.3 Å². The Balaban J connectivity index is 1.61. The lowest BCUT2D eigenvalue weighted by Gasteiger charge is -2.08. The van der Waals surface area contributed by atoms with Gasteiger partial charge in [0.2, 0.25) is 6.79 Å². The van der Waals surface area contributed by atoms with Crippen molar-refractivity contribution in [3.8, 4) is 11.5 Å². The molecule has 0 amide bonds. The highest BCUT2D eigenvalue weighted by Crippen LogP contribution is 2.34. The van der Waals surface area contributed by atoms with Crippen LogP contribution < -0.4 is 14.8 Å².